The van der Waals surface area contributed by atoms with Crippen molar-refractivity contribution < 1.29 is 4.74 Å². The van der Waals surface area contributed by atoms with Gasteiger partial charge in [0, 0.05) is 16.5 Å². The van der Waals surface area contributed by atoms with Crippen LogP contribution in [0.25, 0.3) is 0 Å². The molecule has 4 heteroatoms. The fourth-order valence-corrected chi connectivity index (χ4v) is 3.11. The summed E-state index contributed by atoms with van der Waals surface area (Å²) < 4.78 is 6.99. The van der Waals surface area contributed by atoms with Crippen LogP contribution < -0.4 is 10.5 Å². The van der Waals surface area contributed by atoms with Crippen LogP contribution in [-0.4, -0.2) is 0 Å². The second kappa shape index (κ2) is 6.36. The lowest BCUT2D eigenvalue weighted by atomic mass is 10.0. The molecule has 0 aliphatic carbocycles. The number of ether oxygens (including phenoxy) is 1. The largest absolute Gasteiger partial charge is 0.488 e. The molecular formula is C14H16BrNOS. The molecule has 2 aromatic rings. The molecule has 0 saturated carbocycles. The summed E-state index contributed by atoms with van der Waals surface area (Å²) in [6, 6.07) is 12.1. The second-order valence-corrected chi connectivity index (χ2v) is 6.59. The fraction of sp³-hybridized carbons (Fsp3) is 0.286. The standard InChI is InChI=1S/C14H16BrNOS/c1-2-12(16)11-5-3-4-6-13(11)17-9-10-7-8-14(15)18-10/h3-8,12H,2,9,16H2,1H3/t12-/m0/s1. The Bertz CT molecular complexity index is 512. The minimum Gasteiger partial charge on any atom is -0.488 e. The molecule has 0 amide bonds. The molecule has 1 aromatic carbocycles. The van der Waals surface area contributed by atoms with Crippen LogP contribution in [0.4, 0.5) is 0 Å². The average molecular weight is 326 g/mol. The van der Waals surface area contributed by atoms with Gasteiger partial charge in [-0.25, -0.2) is 0 Å². The van der Waals surface area contributed by atoms with Crippen molar-refractivity contribution in [2.45, 2.75) is 26.0 Å². The van der Waals surface area contributed by atoms with Crippen LogP contribution in [0.15, 0.2) is 40.2 Å². The van der Waals surface area contributed by atoms with E-state index in [0.717, 1.165) is 21.5 Å². The van der Waals surface area contributed by atoms with Crippen molar-refractivity contribution in [2.75, 3.05) is 0 Å². The summed E-state index contributed by atoms with van der Waals surface area (Å²) in [4.78, 5) is 1.20. The molecule has 0 spiro atoms. The highest BCUT2D eigenvalue weighted by molar-refractivity contribution is 9.11. The van der Waals surface area contributed by atoms with E-state index < -0.39 is 0 Å². The minimum atomic E-state index is 0.0382. The third-order valence-electron chi connectivity index (χ3n) is 2.76. The molecule has 18 heavy (non-hydrogen) atoms. The number of hydrogen-bond acceptors (Lipinski definition) is 3. The van der Waals surface area contributed by atoms with Gasteiger partial charge in [0.1, 0.15) is 12.4 Å². The lowest BCUT2D eigenvalue weighted by Gasteiger charge is -2.15. The van der Waals surface area contributed by atoms with Gasteiger partial charge in [0.05, 0.1) is 3.79 Å². The quantitative estimate of drug-likeness (QED) is 0.878. The molecule has 0 fully saturated rings. The number of nitrogens with two attached hydrogens (primary N) is 1. The van der Waals surface area contributed by atoms with Crippen molar-refractivity contribution in [1.82, 2.24) is 0 Å². The number of thiophene rings is 1. The highest BCUT2D eigenvalue weighted by atomic mass is 79.9. The van der Waals surface area contributed by atoms with E-state index in [9.17, 15) is 0 Å². The Morgan fingerprint density at radius 3 is 2.72 bits per heavy atom. The van der Waals surface area contributed by atoms with E-state index in [1.165, 1.54) is 4.88 Å². The Labute approximate surface area is 120 Å². The summed E-state index contributed by atoms with van der Waals surface area (Å²) in [5, 5.41) is 0. The van der Waals surface area contributed by atoms with E-state index in [0.29, 0.717) is 6.61 Å². The first kappa shape index (κ1) is 13.6. The summed E-state index contributed by atoms with van der Waals surface area (Å²) in [6.07, 6.45) is 0.908. The second-order valence-electron chi connectivity index (χ2n) is 4.05. The number of rotatable bonds is 5. The summed E-state index contributed by atoms with van der Waals surface area (Å²) in [5.41, 5.74) is 7.16. The maximum atomic E-state index is 6.08. The van der Waals surface area contributed by atoms with Crippen molar-refractivity contribution in [1.29, 1.82) is 0 Å². The maximum absolute atomic E-state index is 6.08. The van der Waals surface area contributed by atoms with Gasteiger partial charge in [0.25, 0.3) is 0 Å². The highest BCUT2D eigenvalue weighted by Crippen LogP contribution is 2.28. The molecular weight excluding hydrogens is 310 g/mol. The molecule has 0 aliphatic heterocycles. The van der Waals surface area contributed by atoms with Gasteiger partial charge in [0.15, 0.2) is 0 Å². The zero-order chi connectivity index (χ0) is 13.0. The van der Waals surface area contributed by atoms with Crippen molar-refractivity contribution in [3.05, 3.63) is 50.6 Å². The van der Waals surface area contributed by atoms with Crippen LogP contribution in [0.2, 0.25) is 0 Å². The first-order chi connectivity index (χ1) is 8.70. The smallest absolute Gasteiger partial charge is 0.124 e. The van der Waals surface area contributed by atoms with E-state index in [2.05, 4.69) is 28.9 Å². The van der Waals surface area contributed by atoms with Gasteiger partial charge in [-0.3, -0.25) is 0 Å². The van der Waals surface area contributed by atoms with Gasteiger partial charge in [-0.1, -0.05) is 25.1 Å². The van der Waals surface area contributed by atoms with Crippen molar-refractivity contribution in [3.63, 3.8) is 0 Å². The van der Waals surface area contributed by atoms with Gasteiger partial charge in [-0.05, 0) is 40.5 Å². The summed E-state index contributed by atoms with van der Waals surface area (Å²) in [5.74, 6) is 0.886. The highest BCUT2D eigenvalue weighted by Gasteiger charge is 2.10. The van der Waals surface area contributed by atoms with Crippen LogP contribution in [0.3, 0.4) is 0 Å². The zero-order valence-corrected chi connectivity index (χ0v) is 12.6. The van der Waals surface area contributed by atoms with Gasteiger partial charge in [-0.15, -0.1) is 11.3 Å². The lowest BCUT2D eigenvalue weighted by molar-refractivity contribution is 0.304. The molecule has 1 heterocycles. The van der Waals surface area contributed by atoms with Crippen molar-refractivity contribution in [2.24, 2.45) is 5.73 Å². The van der Waals surface area contributed by atoms with Gasteiger partial charge in [-0.2, -0.15) is 0 Å². The predicted molar refractivity (Wildman–Crippen MR) is 80.0 cm³/mol. The van der Waals surface area contributed by atoms with E-state index in [4.69, 9.17) is 10.5 Å². The lowest BCUT2D eigenvalue weighted by Crippen LogP contribution is -2.10. The predicted octanol–water partition coefficient (Wildman–Crippen LogP) is 4.50. The Balaban J connectivity index is 2.09. The molecule has 2 rings (SSSR count). The molecule has 2 N–H and O–H groups in total. The number of para-hydroxylation sites is 1. The first-order valence-corrected chi connectivity index (χ1v) is 7.53. The number of hydrogen-bond donors (Lipinski definition) is 1. The Hall–Kier alpha value is -0.840. The Morgan fingerprint density at radius 1 is 1.28 bits per heavy atom. The normalized spacial score (nSPS) is 12.4. The molecule has 2 nitrogen and oxygen atoms in total. The molecule has 1 aromatic heterocycles. The minimum absolute atomic E-state index is 0.0382. The molecule has 0 radical (unpaired) electrons. The van der Waals surface area contributed by atoms with Crippen molar-refractivity contribution >= 4 is 27.3 Å². The topological polar surface area (TPSA) is 35.2 Å². The Morgan fingerprint density at radius 2 is 2.06 bits per heavy atom. The summed E-state index contributed by atoms with van der Waals surface area (Å²) in [7, 11) is 0. The van der Waals surface area contributed by atoms with Crippen LogP contribution in [0, 0.1) is 0 Å². The van der Waals surface area contributed by atoms with Gasteiger partial charge >= 0.3 is 0 Å². The molecule has 1 atom stereocenters. The molecule has 96 valence electrons. The monoisotopic (exact) mass is 325 g/mol. The third kappa shape index (κ3) is 3.34. The van der Waals surface area contributed by atoms with Gasteiger partial charge in [0.2, 0.25) is 0 Å². The van der Waals surface area contributed by atoms with E-state index in [1.807, 2.05) is 30.3 Å². The van der Waals surface area contributed by atoms with E-state index in [1.54, 1.807) is 11.3 Å². The number of benzene rings is 1. The van der Waals surface area contributed by atoms with Crippen LogP contribution in [-0.2, 0) is 6.61 Å². The fourth-order valence-electron chi connectivity index (χ4n) is 1.72. The first-order valence-electron chi connectivity index (χ1n) is 5.92. The molecule has 0 bridgehead atoms. The summed E-state index contributed by atoms with van der Waals surface area (Å²) in [6.45, 7) is 2.67. The zero-order valence-electron chi connectivity index (χ0n) is 10.2. The Kier molecular flexibility index (Phi) is 4.80. The van der Waals surface area contributed by atoms with Crippen LogP contribution in [0.5, 0.6) is 5.75 Å². The van der Waals surface area contributed by atoms with Crippen LogP contribution >= 0.6 is 27.3 Å². The SMILES string of the molecule is CC[C@H](N)c1ccccc1OCc1ccc(Br)s1. The van der Waals surface area contributed by atoms with E-state index in [-0.39, 0.29) is 6.04 Å². The summed E-state index contributed by atoms with van der Waals surface area (Å²) >= 11 is 5.14. The number of halogens is 1. The molecule has 0 aliphatic rings. The molecule has 0 saturated heterocycles. The third-order valence-corrected chi connectivity index (χ3v) is 4.35. The van der Waals surface area contributed by atoms with Crippen LogP contribution in [0.1, 0.15) is 29.8 Å². The average Bonchev–Trinajstić information content (AvgIpc) is 2.81. The van der Waals surface area contributed by atoms with Crippen molar-refractivity contribution in [3.8, 4) is 5.75 Å². The van der Waals surface area contributed by atoms with Gasteiger partial charge < -0.3 is 10.5 Å². The maximum Gasteiger partial charge on any atom is 0.124 e. The molecule has 0 unspecified atom stereocenters. The van der Waals surface area contributed by atoms with E-state index >= 15 is 0 Å².